The molecule has 18 heavy (non-hydrogen) atoms. The molecule has 3 heterocycles. The molecular weight excluding hydrogens is 228 g/mol. The Labute approximate surface area is 108 Å². The maximum atomic E-state index is 5.49. The minimum absolute atomic E-state index is 0.447. The van der Waals surface area contributed by atoms with E-state index in [9.17, 15) is 0 Å². The number of piperidine rings is 2. The van der Waals surface area contributed by atoms with Crippen LogP contribution in [-0.2, 0) is 0 Å². The van der Waals surface area contributed by atoms with Gasteiger partial charge in [0.05, 0.1) is 0 Å². The zero-order valence-corrected chi connectivity index (χ0v) is 11.1. The number of nitrogens with zero attached hydrogens (tertiary/aromatic N) is 3. The van der Waals surface area contributed by atoms with E-state index in [-0.39, 0.29) is 0 Å². The van der Waals surface area contributed by atoms with Gasteiger partial charge in [0, 0.05) is 18.4 Å². The number of aromatic nitrogens is 2. The Kier molecular flexibility index (Phi) is 3.61. The first-order valence-corrected chi connectivity index (χ1v) is 7.05. The van der Waals surface area contributed by atoms with Crippen molar-refractivity contribution in [1.29, 1.82) is 0 Å². The van der Waals surface area contributed by atoms with Gasteiger partial charge in [-0.15, -0.1) is 0 Å². The van der Waals surface area contributed by atoms with Crippen LogP contribution in [0.3, 0.4) is 0 Å². The molecule has 5 nitrogen and oxygen atoms in total. The van der Waals surface area contributed by atoms with E-state index in [0.29, 0.717) is 11.8 Å². The summed E-state index contributed by atoms with van der Waals surface area (Å²) in [7, 11) is 2.17. The molecule has 0 saturated carbocycles. The van der Waals surface area contributed by atoms with Gasteiger partial charge in [0.25, 0.3) is 0 Å². The highest BCUT2D eigenvalue weighted by molar-refractivity contribution is 5.02. The van der Waals surface area contributed by atoms with Gasteiger partial charge in [0.2, 0.25) is 5.89 Å². The summed E-state index contributed by atoms with van der Waals surface area (Å²) in [5, 5.41) is 7.59. The molecule has 1 N–H and O–H groups in total. The molecule has 0 aliphatic carbocycles. The van der Waals surface area contributed by atoms with E-state index in [4.69, 9.17) is 4.52 Å². The summed E-state index contributed by atoms with van der Waals surface area (Å²) < 4.78 is 5.49. The minimum atomic E-state index is 0.447. The molecule has 0 spiro atoms. The molecule has 2 aliphatic rings. The monoisotopic (exact) mass is 250 g/mol. The highest BCUT2D eigenvalue weighted by atomic mass is 16.5. The first-order chi connectivity index (χ1) is 8.83. The molecule has 1 unspecified atom stereocenters. The van der Waals surface area contributed by atoms with Crippen LogP contribution in [0.2, 0.25) is 0 Å². The SMILES string of the molecule is CN1CCC(c2nc(C3CCCNC3)no2)CC1. The zero-order valence-electron chi connectivity index (χ0n) is 11.1. The van der Waals surface area contributed by atoms with Gasteiger partial charge < -0.3 is 14.7 Å². The molecule has 100 valence electrons. The van der Waals surface area contributed by atoms with E-state index in [1.165, 1.54) is 12.8 Å². The van der Waals surface area contributed by atoms with Gasteiger partial charge in [-0.05, 0) is 52.4 Å². The minimum Gasteiger partial charge on any atom is -0.339 e. The van der Waals surface area contributed by atoms with Crippen LogP contribution < -0.4 is 5.32 Å². The van der Waals surface area contributed by atoms with Crippen molar-refractivity contribution in [2.24, 2.45) is 0 Å². The summed E-state index contributed by atoms with van der Waals surface area (Å²) >= 11 is 0. The summed E-state index contributed by atoms with van der Waals surface area (Å²) in [6, 6.07) is 0. The molecule has 1 atom stereocenters. The van der Waals surface area contributed by atoms with Gasteiger partial charge in [-0.2, -0.15) is 4.98 Å². The van der Waals surface area contributed by atoms with Crippen LogP contribution in [0.4, 0.5) is 0 Å². The fourth-order valence-electron chi connectivity index (χ4n) is 2.91. The Morgan fingerprint density at radius 2 is 2.06 bits per heavy atom. The number of likely N-dealkylation sites (tertiary alicyclic amines) is 1. The van der Waals surface area contributed by atoms with Crippen LogP contribution in [0.1, 0.15) is 49.2 Å². The van der Waals surface area contributed by atoms with Gasteiger partial charge in [-0.25, -0.2) is 0 Å². The summed E-state index contributed by atoms with van der Waals surface area (Å²) in [6.45, 7) is 4.38. The predicted molar refractivity (Wildman–Crippen MR) is 68.6 cm³/mol. The molecule has 2 aliphatic heterocycles. The fourth-order valence-corrected chi connectivity index (χ4v) is 2.91. The molecule has 0 aromatic carbocycles. The number of nitrogens with one attached hydrogen (secondary N) is 1. The maximum absolute atomic E-state index is 5.49. The van der Waals surface area contributed by atoms with Crippen molar-refractivity contribution in [1.82, 2.24) is 20.4 Å². The second kappa shape index (κ2) is 5.36. The van der Waals surface area contributed by atoms with E-state index in [1.54, 1.807) is 0 Å². The van der Waals surface area contributed by atoms with Gasteiger partial charge in [-0.3, -0.25) is 0 Å². The largest absolute Gasteiger partial charge is 0.339 e. The van der Waals surface area contributed by atoms with Crippen molar-refractivity contribution in [3.63, 3.8) is 0 Å². The van der Waals surface area contributed by atoms with Gasteiger partial charge in [0.15, 0.2) is 5.82 Å². The zero-order chi connectivity index (χ0) is 12.4. The Morgan fingerprint density at radius 1 is 1.22 bits per heavy atom. The Bertz CT molecular complexity index is 378. The van der Waals surface area contributed by atoms with E-state index in [0.717, 1.165) is 50.7 Å². The van der Waals surface area contributed by atoms with Crippen LogP contribution in [0.5, 0.6) is 0 Å². The Hall–Kier alpha value is -0.940. The topological polar surface area (TPSA) is 54.2 Å². The quantitative estimate of drug-likeness (QED) is 0.858. The number of rotatable bonds is 2. The number of hydrogen-bond acceptors (Lipinski definition) is 5. The standard InChI is InChI=1S/C13H22N4O/c1-17-7-4-10(5-8-17)13-15-12(16-18-13)11-3-2-6-14-9-11/h10-11,14H,2-9H2,1H3. The van der Waals surface area contributed by atoms with Crippen LogP contribution >= 0.6 is 0 Å². The smallest absolute Gasteiger partial charge is 0.229 e. The third kappa shape index (κ3) is 2.57. The van der Waals surface area contributed by atoms with Crippen molar-refractivity contribution >= 4 is 0 Å². The van der Waals surface area contributed by atoms with E-state index < -0.39 is 0 Å². The normalized spacial score (nSPS) is 27.5. The fraction of sp³-hybridized carbons (Fsp3) is 0.846. The molecule has 0 bridgehead atoms. The van der Waals surface area contributed by atoms with Crippen molar-refractivity contribution in [2.75, 3.05) is 33.2 Å². The highest BCUT2D eigenvalue weighted by Crippen LogP contribution is 2.28. The molecule has 3 rings (SSSR count). The molecule has 2 saturated heterocycles. The molecule has 2 fully saturated rings. The van der Waals surface area contributed by atoms with Crippen molar-refractivity contribution in [3.8, 4) is 0 Å². The number of hydrogen-bond donors (Lipinski definition) is 1. The Morgan fingerprint density at radius 3 is 2.78 bits per heavy atom. The summed E-state index contributed by atoms with van der Waals surface area (Å²) in [6.07, 6.45) is 4.67. The van der Waals surface area contributed by atoms with Crippen molar-refractivity contribution in [2.45, 2.75) is 37.5 Å². The van der Waals surface area contributed by atoms with Gasteiger partial charge in [-0.1, -0.05) is 5.16 Å². The second-order valence-electron chi connectivity index (χ2n) is 5.61. The average molecular weight is 250 g/mol. The van der Waals surface area contributed by atoms with E-state index in [1.807, 2.05) is 0 Å². The van der Waals surface area contributed by atoms with Gasteiger partial charge >= 0.3 is 0 Å². The lowest BCUT2D eigenvalue weighted by molar-refractivity contribution is 0.227. The average Bonchev–Trinajstić information content (AvgIpc) is 2.90. The Balaban J connectivity index is 1.65. The summed E-state index contributed by atoms with van der Waals surface area (Å²) in [5.74, 6) is 2.70. The first kappa shape index (κ1) is 12.1. The first-order valence-electron chi connectivity index (χ1n) is 7.05. The molecule has 0 amide bonds. The highest BCUT2D eigenvalue weighted by Gasteiger charge is 2.26. The summed E-state index contributed by atoms with van der Waals surface area (Å²) in [5.41, 5.74) is 0. The van der Waals surface area contributed by atoms with Crippen LogP contribution in [0.25, 0.3) is 0 Å². The lowest BCUT2D eigenvalue weighted by Gasteiger charge is -2.26. The molecule has 5 heteroatoms. The molecule has 1 aromatic heterocycles. The molecule has 1 aromatic rings. The third-order valence-electron chi connectivity index (χ3n) is 4.19. The van der Waals surface area contributed by atoms with Crippen molar-refractivity contribution in [3.05, 3.63) is 11.7 Å². The second-order valence-corrected chi connectivity index (χ2v) is 5.61. The molecular formula is C13H22N4O. The van der Waals surface area contributed by atoms with Crippen LogP contribution in [0, 0.1) is 0 Å². The van der Waals surface area contributed by atoms with E-state index in [2.05, 4.69) is 27.4 Å². The maximum Gasteiger partial charge on any atom is 0.229 e. The predicted octanol–water partition coefficient (Wildman–Crippen LogP) is 1.35. The van der Waals surface area contributed by atoms with Crippen LogP contribution in [0.15, 0.2) is 4.52 Å². The van der Waals surface area contributed by atoms with E-state index >= 15 is 0 Å². The summed E-state index contributed by atoms with van der Waals surface area (Å²) in [4.78, 5) is 7.01. The lowest BCUT2D eigenvalue weighted by atomic mass is 9.96. The molecule has 0 radical (unpaired) electrons. The van der Waals surface area contributed by atoms with Gasteiger partial charge in [0.1, 0.15) is 0 Å². The lowest BCUT2D eigenvalue weighted by Crippen LogP contribution is -2.30. The van der Waals surface area contributed by atoms with Crippen LogP contribution in [-0.4, -0.2) is 48.3 Å². The van der Waals surface area contributed by atoms with Crippen molar-refractivity contribution < 1.29 is 4.52 Å². The third-order valence-corrected chi connectivity index (χ3v) is 4.19.